The molecular weight excluding hydrogens is 248 g/mol. The minimum absolute atomic E-state index is 1.20. The molecule has 1 radical (unpaired) electrons. The van der Waals surface area contributed by atoms with Gasteiger partial charge in [-0.2, -0.15) is 0 Å². The van der Waals surface area contributed by atoms with Crippen molar-refractivity contribution in [3.63, 3.8) is 0 Å². The Hall–Kier alpha value is -2.12. The van der Waals surface area contributed by atoms with Crippen LogP contribution in [-0.2, 0) is 0 Å². The Bertz CT molecular complexity index is 866. The summed E-state index contributed by atoms with van der Waals surface area (Å²) in [6.07, 6.45) is 0. The summed E-state index contributed by atoms with van der Waals surface area (Å²) in [5.41, 5.74) is 2.49. The van der Waals surface area contributed by atoms with Crippen molar-refractivity contribution in [2.45, 2.75) is 0 Å². The molecule has 0 atom stereocenters. The van der Waals surface area contributed by atoms with Crippen molar-refractivity contribution >= 4 is 32.2 Å². The van der Waals surface area contributed by atoms with Crippen molar-refractivity contribution in [3.8, 4) is 11.1 Å². The van der Waals surface area contributed by atoms with E-state index in [-0.39, 0.29) is 0 Å². The van der Waals surface area contributed by atoms with Gasteiger partial charge in [0, 0.05) is 15.6 Å². The van der Waals surface area contributed by atoms with Crippen LogP contribution >= 0.6 is 11.3 Å². The summed E-state index contributed by atoms with van der Waals surface area (Å²) in [6.45, 7) is 0. The molecule has 0 amide bonds. The average Bonchev–Trinajstić information content (AvgIpc) is 2.90. The Morgan fingerprint density at radius 3 is 2.53 bits per heavy atom. The van der Waals surface area contributed by atoms with Gasteiger partial charge in [-0.3, -0.25) is 0 Å². The molecule has 0 nitrogen and oxygen atoms in total. The van der Waals surface area contributed by atoms with Crippen LogP contribution in [-0.4, -0.2) is 0 Å². The first-order chi connectivity index (χ1) is 9.43. The Labute approximate surface area is 115 Å². The van der Waals surface area contributed by atoms with Crippen LogP contribution in [0.15, 0.2) is 66.0 Å². The summed E-state index contributed by atoms with van der Waals surface area (Å²) in [7, 11) is 0. The summed E-state index contributed by atoms with van der Waals surface area (Å²) in [6, 6.07) is 24.6. The first-order valence-electron chi connectivity index (χ1n) is 6.29. The fraction of sp³-hybridized carbons (Fsp3) is 0. The number of hydrogen-bond donors (Lipinski definition) is 0. The van der Waals surface area contributed by atoms with Crippen LogP contribution in [0.5, 0.6) is 0 Å². The maximum atomic E-state index is 3.41. The second-order valence-electron chi connectivity index (χ2n) is 4.59. The first-order valence-corrected chi connectivity index (χ1v) is 7.17. The maximum Gasteiger partial charge on any atom is 0.0349 e. The van der Waals surface area contributed by atoms with E-state index in [4.69, 9.17) is 0 Å². The van der Waals surface area contributed by atoms with Crippen LogP contribution in [0, 0.1) is 6.07 Å². The monoisotopic (exact) mass is 259 g/mol. The van der Waals surface area contributed by atoms with Gasteiger partial charge in [-0.25, -0.2) is 0 Å². The minimum atomic E-state index is 1.20. The topological polar surface area (TPSA) is 0 Å². The average molecular weight is 259 g/mol. The number of fused-ring (bicyclic) bond motifs is 2. The van der Waals surface area contributed by atoms with Crippen molar-refractivity contribution < 1.29 is 0 Å². The standard InChI is InChI=1S/C18H11S/c1-2-8-14-13(6-1)7-5-10-15(14)17-12-19-18-11-4-3-9-16(17)18/h1-9,11-12H. The van der Waals surface area contributed by atoms with Gasteiger partial charge in [-0.05, 0) is 33.8 Å². The Balaban J connectivity index is 2.10. The predicted molar refractivity (Wildman–Crippen MR) is 83.6 cm³/mol. The third-order valence-corrected chi connectivity index (χ3v) is 4.43. The molecule has 0 unspecified atom stereocenters. The lowest BCUT2D eigenvalue weighted by Gasteiger charge is -2.05. The van der Waals surface area contributed by atoms with E-state index in [2.05, 4.69) is 66.0 Å². The van der Waals surface area contributed by atoms with E-state index in [1.807, 2.05) is 6.07 Å². The van der Waals surface area contributed by atoms with Gasteiger partial charge >= 0.3 is 0 Å². The highest BCUT2D eigenvalue weighted by atomic mass is 32.1. The quantitative estimate of drug-likeness (QED) is 0.422. The molecule has 0 aliphatic carbocycles. The van der Waals surface area contributed by atoms with Gasteiger partial charge < -0.3 is 0 Å². The van der Waals surface area contributed by atoms with Crippen molar-refractivity contribution in [1.82, 2.24) is 0 Å². The van der Waals surface area contributed by atoms with E-state index in [1.54, 1.807) is 11.3 Å². The number of hydrogen-bond acceptors (Lipinski definition) is 1. The minimum Gasteiger partial charge on any atom is -0.143 e. The lowest BCUT2D eigenvalue weighted by Crippen LogP contribution is -1.80. The zero-order chi connectivity index (χ0) is 12.7. The third kappa shape index (κ3) is 1.66. The smallest absolute Gasteiger partial charge is 0.0349 e. The van der Waals surface area contributed by atoms with E-state index in [1.165, 1.54) is 32.0 Å². The molecule has 0 bridgehead atoms. The van der Waals surface area contributed by atoms with Crippen LogP contribution in [0.4, 0.5) is 0 Å². The Kier molecular flexibility index (Phi) is 2.39. The fourth-order valence-corrected chi connectivity index (χ4v) is 3.51. The van der Waals surface area contributed by atoms with Gasteiger partial charge in [0.2, 0.25) is 0 Å². The van der Waals surface area contributed by atoms with Crippen molar-refractivity contribution in [3.05, 3.63) is 72.1 Å². The Morgan fingerprint density at radius 2 is 1.58 bits per heavy atom. The normalized spacial score (nSPS) is 11.2. The van der Waals surface area contributed by atoms with E-state index >= 15 is 0 Å². The van der Waals surface area contributed by atoms with E-state index in [0.717, 1.165) is 0 Å². The van der Waals surface area contributed by atoms with Gasteiger partial charge in [0.25, 0.3) is 0 Å². The SMILES string of the molecule is [c]1ccc2ccccc2c1-c1csc2ccccc12. The van der Waals surface area contributed by atoms with Crippen LogP contribution in [0.2, 0.25) is 0 Å². The number of thiophene rings is 1. The highest BCUT2D eigenvalue weighted by Crippen LogP contribution is 2.36. The van der Waals surface area contributed by atoms with E-state index < -0.39 is 0 Å². The van der Waals surface area contributed by atoms with E-state index in [9.17, 15) is 0 Å². The molecule has 0 saturated carbocycles. The zero-order valence-electron chi connectivity index (χ0n) is 10.3. The van der Waals surface area contributed by atoms with Crippen LogP contribution < -0.4 is 0 Å². The lowest BCUT2D eigenvalue weighted by molar-refractivity contribution is 1.71. The van der Waals surface area contributed by atoms with Crippen LogP contribution in [0.3, 0.4) is 0 Å². The Morgan fingerprint density at radius 1 is 0.789 bits per heavy atom. The highest BCUT2D eigenvalue weighted by molar-refractivity contribution is 7.17. The summed E-state index contributed by atoms with van der Waals surface area (Å²) >= 11 is 1.80. The zero-order valence-corrected chi connectivity index (χ0v) is 11.1. The molecule has 3 aromatic carbocycles. The third-order valence-electron chi connectivity index (χ3n) is 3.47. The molecule has 19 heavy (non-hydrogen) atoms. The van der Waals surface area contributed by atoms with Gasteiger partial charge in [-0.15, -0.1) is 11.3 Å². The van der Waals surface area contributed by atoms with Gasteiger partial charge in [-0.1, -0.05) is 54.6 Å². The summed E-state index contributed by atoms with van der Waals surface area (Å²) in [4.78, 5) is 0. The van der Waals surface area contributed by atoms with Gasteiger partial charge in [0.15, 0.2) is 0 Å². The van der Waals surface area contributed by atoms with E-state index in [0.29, 0.717) is 0 Å². The predicted octanol–water partition coefficient (Wildman–Crippen LogP) is 5.52. The fourth-order valence-electron chi connectivity index (χ4n) is 2.56. The largest absolute Gasteiger partial charge is 0.143 e. The lowest BCUT2D eigenvalue weighted by atomic mass is 9.98. The van der Waals surface area contributed by atoms with Crippen molar-refractivity contribution in [1.29, 1.82) is 0 Å². The molecule has 1 heterocycles. The molecule has 4 aromatic rings. The molecule has 0 saturated heterocycles. The molecule has 89 valence electrons. The molecule has 1 aromatic heterocycles. The molecular formula is C18H11S. The molecule has 0 N–H and O–H groups in total. The summed E-state index contributed by atoms with van der Waals surface area (Å²) in [5.74, 6) is 0. The maximum absolute atomic E-state index is 3.41. The second kappa shape index (κ2) is 4.22. The summed E-state index contributed by atoms with van der Waals surface area (Å²) in [5, 5.41) is 6.10. The summed E-state index contributed by atoms with van der Waals surface area (Å²) < 4.78 is 1.33. The van der Waals surface area contributed by atoms with Crippen molar-refractivity contribution in [2.75, 3.05) is 0 Å². The van der Waals surface area contributed by atoms with Crippen LogP contribution in [0.1, 0.15) is 0 Å². The molecule has 4 rings (SSSR count). The van der Waals surface area contributed by atoms with Crippen LogP contribution in [0.25, 0.3) is 32.0 Å². The van der Waals surface area contributed by atoms with Gasteiger partial charge in [0.1, 0.15) is 0 Å². The highest BCUT2D eigenvalue weighted by Gasteiger charge is 2.08. The van der Waals surface area contributed by atoms with Crippen molar-refractivity contribution in [2.24, 2.45) is 0 Å². The number of benzene rings is 3. The molecule has 0 fully saturated rings. The van der Waals surface area contributed by atoms with Gasteiger partial charge in [0.05, 0.1) is 0 Å². The molecule has 0 spiro atoms. The second-order valence-corrected chi connectivity index (χ2v) is 5.50. The molecule has 0 aliphatic heterocycles. The molecule has 1 heteroatoms. The number of rotatable bonds is 1. The first kappa shape index (κ1) is 10.8. The molecule has 0 aliphatic rings.